The molecule has 0 N–H and O–H groups in total. The molecular weight excluding hydrogens is 580 g/mol. The van der Waals surface area contributed by atoms with E-state index in [9.17, 15) is 0 Å². The maximum Gasteiger partial charge on any atom is 0.141 e. The molecule has 0 spiro atoms. The first-order chi connectivity index (χ1) is 23.0. The molecule has 0 bridgehead atoms. The van der Waals surface area contributed by atoms with E-state index in [1.165, 1.54) is 10.8 Å². The number of fused-ring (bicyclic) bond motifs is 4. The van der Waals surface area contributed by atoms with Crippen molar-refractivity contribution < 1.29 is 0 Å². The van der Waals surface area contributed by atoms with Crippen molar-refractivity contribution in [2.75, 3.05) is 0 Å². The smallest absolute Gasteiger partial charge is 0.141 e. The van der Waals surface area contributed by atoms with Crippen LogP contribution in [0.1, 0.15) is 0 Å². The van der Waals surface area contributed by atoms with Crippen molar-refractivity contribution in [3.05, 3.63) is 128 Å². The van der Waals surface area contributed by atoms with Gasteiger partial charge in [0.2, 0.25) is 0 Å². The molecule has 0 aliphatic heterocycles. The van der Waals surface area contributed by atoms with E-state index in [1.54, 1.807) is 6.20 Å². The van der Waals surface area contributed by atoms with E-state index in [4.69, 9.17) is 9.97 Å². The number of pyridine rings is 1. The lowest BCUT2D eigenvalue weighted by Crippen LogP contribution is -1.97. The summed E-state index contributed by atoms with van der Waals surface area (Å²) in [6, 6.07) is 34.3. The van der Waals surface area contributed by atoms with Gasteiger partial charge in [0.1, 0.15) is 17.5 Å². The molecule has 0 radical (unpaired) electrons. The average molecular weight is 611 g/mol. The Hall–Kier alpha value is -6.28. The van der Waals surface area contributed by atoms with Crippen LogP contribution < -0.4 is 0 Å². The third-order valence-electron chi connectivity index (χ3n) is 9.13. The van der Waals surface area contributed by atoms with Crippen molar-refractivity contribution in [1.29, 1.82) is 0 Å². The molecule has 9 aromatic rings. The van der Waals surface area contributed by atoms with E-state index in [0.717, 1.165) is 73.2 Å². The second-order valence-corrected chi connectivity index (χ2v) is 12.0. The maximum absolute atomic E-state index is 5.02. The Labute approximate surface area is 270 Å². The predicted molar refractivity (Wildman–Crippen MR) is 188 cm³/mol. The SMILES string of the molecule is Cn1ccnc1-c1ccc(-c2cccc(-n3c4ccc(-c5nccn5C)cc4c4ccc(-c5nc6ccccc6n5C)cc43)c2)nc1. The number of aromatic nitrogens is 8. The number of nitrogens with zero attached hydrogens (tertiary/aromatic N) is 8. The standard InChI is InChI=1S/C39H30N8/c1-44-19-17-40-37(44)26-13-16-34-31(22-26)30-14-11-27(39-43-33-9-4-5-10-35(33)46(39)3)23-36(30)47(34)29-8-6-7-25(21-29)32-15-12-28(24-42-32)38-41-18-20-45(38)2/h4-24H,1-3H3. The Kier molecular flexibility index (Phi) is 5.98. The van der Waals surface area contributed by atoms with Gasteiger partial charge in [-0.2, -0.15) is 0 Å². The highest BCUT2D eigenvalue weighted by atomic mass is 15.1. The molecule has 0 fully saturated rings. The molecule has 47 heavy (non-hydrogen) atoms. The van der Waals surface area contributed by atoms with E-state index < -0.39 is 0 Å². The van der Waals surface area contributed by atoms with E-state index in [1.807, 2.05) is 49.5 Å². The van der Waals surface area contributed by atoms with Crippen LogP contribution in [0.4, 0.5) is 0 Å². The molecule has 8 heteroatoms. The topological polar surface area (TPSA) is 71.3 Å². The summed E-state index contributed by atoms with van der Waals surface area (Å²) < 4.78 is 8.58. The van der Waals surface area contributed by atoms with Gasteiger partial charge in [0.25, 0.3) is 0 Å². The number of hydrogen-bond donors (Lipinski definition) is 0. The lowest BCUT2D eigenvalue weighted by atomic mass is 10.1. The largest absolute Gasteiger partial charge is 0.334 e. The lowest BCUT2D eigenvalue weighted by molar-refractivity contribution is 0.923. The second kappa shape index (κ2) is 10.4. The molecule has 9 rings (SSSR count). The van der Waals surface area contributed by atoms with Crippen LogP contribution in [0.25, 0.3) is 83.9 Å². The summed E-state index contributed by atoms with van der Waals surface area (Å²) in [4.78, 5) is 19.0. The van der Waals surface area contributed by atoms with Crippen LogP contribution in [0.2, 0.25) is 0 Å². The Balaban J connectivity index is 1.24. The number of aryl methyl sites for hydroxylation is 3. The Morgan fingerprint density at radius 3 is 2.00 bits per heavy atom. The van der Waals surface area contributed by atoms with Crippen molar-refractivity contribution in [3.8, 4) is 51.1 Å². The summed E-state index contributed by atoms with van der Waals surface area (Å²) >= 11 is 0. The van der Waals surface area contributed by atoms with Gasteiger partial charge >= 0.3 is 0 Å². The van der Waals surface area contributed by atoms with E-state index in [-0.39, 0.29) is 0 Å². The monoisotopic (exact) mass is 610 g/mol. The Morgan fingerprint density at radius 2 is 1.26 bits per heavy atom. The first-order valence-corrected chi connectivity index (χ1v) is 15.6. The molecule has 0 aliphatic carbocycles. The predicted octanol–water partition coefficient (Wildman–Crippen LogP) is 8.20. The van der Waals surface area contributed by atoms with Gasteiger partial charge in [-0.15, -0.1) is 0 Å². The zero-order valence-electron chi connectivity index (χ0n) is 26.2. The zero-order valence-corrected chi connectivity index (χ0v) is 26.2. The molecular formula is C39H30N8. The molecule has 0 amide bonds. The molecule has 4 aromatic carbocycles. The quantitative estimate of drug-likeness (QED) is 0.197. The molecule has 5 heterocycles. The molecule has 0 saturated heterocycles. The van der Waals surface area contributed by atoms with Crippen molar-refractivity contribution >= 4 is 32.8 Å². The highest BCUT2D eigenvalue weighted by Crippen LogP contribution is 2.38. The fraction of sp³-hybridized carbons (Fsp3) is 0.0769. The fourth-order valence-corrected chi connectivity index (χ4v) is 6.77. The minimum atomic E-state index is 0.893. The third kappa shape index (κ3) is 4.29. The lowest BCUT2D eigenvalue weighted by Gasteiger charge is -2.11. The van der Waals surface area contributed by atoms with Crippen LogP contribution >= 0.6 is 0 Å². The van der Waals surface area contributed by atoms with Crippen molar-refractivity contribution in [2.24, 2.45) is 21.1 Å². The van der Waals surface area contributed by atoms with Crippen LogP contribution in [0.3, 0.4) is 0 Å². The van der Waals surface area contributed by atoms with Gasteiger partial charge in [-0.25, -0.2) is 15.0 Å². The van der Waals surface area contributed by atoms with Gasteiger partial charge in [-0.3, -0.25) is 4.98 Å². The highest BCUT2D eigenvalue weighted by molar-refractivity contribution is 6.11. The van der Waals surface area contributed by atoms with Gasteiger partial charge in [0.15, 0.2) is 0 Å². The van der Waals surface area contributed by atoms with Gasteiger partial charge in [-0.05, 0) is 60.7 Å². The molecule has 8 nitrogen and oxygen atoms in total. The van der Waals surface area contributed by atoms with Crippen LogP contribution in [-0.2, 0) is 21.1 Å². The highest BCUT2D eigenvalue weighted by Gasteiger charge is 2.18. The van der Waals surface area contributed by atoms with Crippen molar-refractivity contribution in [1.82, 2.24) is 38.2 Å². The number of hydrogen-bond acceptors (Lipinski definition) is 4. The molecule has 5 aromatic heterocycles. The normalized spacial score (nSPS) is 11.7. The summed E-state index contributed by atoms with van der Waals surface area (Å²) in [5.41, 5.74) is 10.5. The van der Waals surface area contributed by atoms with E-state index >= 15 is 0 Å². The zero-order chi connectivity index (χ0) is 31.6. The van der Waals surface area contributed by atoms with Crippen LogP contribution in [0.15, 0.2) is 128 Å². The minimum absolute atomic E-state index is 0.893. The Bertz CT molecular complexity index is 2610. The van der Waals surface area contributed by atoms with Crippen LogP contribution in [-0.4, -0.2) is 38.2 Å². The Morgan fingerprint density at radius 1 is 0.511 bits per heavy atom. The summed E-state index contributed by atoms with van der Waals surface area (Å²) in [5.74, 6) is 2.76. The van der Waals surface area contributed by atoms with Crippen LogP contribution in [0, 0.1) is 0 Å². The second-order valence-electron chi connectivity index (χ2n) is 12.0. The number of para-hydroxylation sites is 2. The summed E-state index contributed by atoms with van der Waals surface area (Å²) in [6.45, 7) is 0. The molecule has 0 unspecified atom stereocenters. The average Bonchev–Trinajstić information content (AvgIpc) is 3.89. The number of imidazole rings is 3. The molecule has 0 atom stereocenters. The molecule has 0 saturated carbocycles. The third-order valence-corrected chi connectivity index (χ3v) is 9.13. The molecule has 226 valence electrons. The van der Waals surface area contributed by atoms with Gasteiger partial charge in [0.05, 0.1) is 27.8 Å². The summed E-state index contributed by atoms with van der Waals surface area (Å²) in [6.07, 6.45) is 9.47. The number of benzene rings is 4. The minimum Gasteiger partial charge on any atom is -0.334 e. The van der Waals surface area contributed by atoms with E-state index in [0.29, 0.717) is 0 Å². The molecule has 0 aliphatic rings. The van der Waals surface area contributed by atoms with E-state index in [2.05, 4.69) is 122 Å². The van der Waals surface area contributed by atoms with Gasteiger partial charge in [0, 0.05) is 90.8 Å². The first-order valence-electron chi connectivity index (χ1n) is 15.6. The fourth-order valence-electron chi connectivity index (χ4n) is 6.77. The number of rotatable bonds is 5. The van der Waals surface area contributed by atoms with Crippen molar-refractivity contribution in [2.45, 2.75) is 0 Å². The van der Waals surface area contributed by atoms with Crippen molar-refractivity contribution in [3.63, 3.8) is 0 Å². The maximum atomic E-state index is 5.02. The first kappa shape index (κ1) is 27.1. The van der Waals surface area contributed by atoms with Crippen LogP contribution in [0.5, 0.6) is 0 Å². The van der Waals surface area contributed by atoms with Gasteiger partial charge in [-0.1, -0.05) is 36.4 Å². The summed E-state index contributed by atoms with van der Waals surface area (Å²) in [7, 11) is 6.10. The summed E-state index contributed by atoms with van der Waals surface area (Å²) in [5, 5.41) is 2.33. The van der Waals surface area contributed by atoms with Gasteiger partial charge < -0.3 is 18.3 Å².